The van der Waals surface area contributed by atoms with Crippen molar-refractivity contribution in [2.24, 2.45) is 5.92 Å². The van der Waals surface area contributed by atoms with E-state index in [0.717, 1.165) is 23.4 Å². The topological polar surface area (TPSA) is 34.9 Å². The first kappa shape index (κ1) is 13.1. The maximum absolute atomic E-state index is 10.8. The van der Waals surface area contributed by atoms with Crippen LogP contribution in [0.25, 0.3) is 16.0 Å². The van der Waals surface area contributed by atoms with Crippen LogP contribution in [0.15, 0.2) is 35.8 Å². The molecule has 0 unspecified atom stereocenters. The van der Waals surface area contributed by atoms with Gasteiger partial charge in [-0.25, -0.2) is 4.98 Å². The summed E-state index contributed by atoms with van der Waals surface area (Å²) >= 11 is 1.49. The highest BCUT2D eigenvalue weighted by Crippen LogP contribution is 2.27. The Kier molecular flexibility index (Phi) is 3.40. The zero-order valence-electron chi connectivity index (χ0n) is 11.5. The van der Waals surface area contributed by atoms with E-state index in [1.54, 1.807) is 5.38 Å². The van der Waals surface area contributed by atoms with Gasteiger partial charge in [-0.3, -0.25) is 9.36 Å². The van der Waals surface area contributed by atoms with Crippen LogP contribution in [0.4, 0.5) is 0 Å². The molecule has 0 spiro atoms. The van der Waals surface area contributed by atoms with Crippen molar-refractivity contribution in [3.05, 3.63) is 47.1 Å². The predicted molar refractivity (Wildman–Crippen MR) is 82.9 cm³/mol. The van der Waals surface area contributed by atoms with Gasteiger partial charge in [-0.15, -0.1) is 11.3 Å². The minimum Gasteiger partial charge on any atom is -0.296 e. The maximum Gasteiger partial charge on any atom is 0.194 e. The van der Waals surface area contributed by atoms with Crippen LogP contribution >= 0.6 is 11.3 Å². The Morgan fingerprint density at radius 2 is 2.15 bits per heavy atom. The van der Waals surface area contributed by atoms with Crippen molar-refractivity contribution < 1.29 is 4.79 Å². The first-order valence-electron chi connectivity index (χ1n) is 6.69. The van der Waals surface area contributed by atoms with Crippen LogP contribution in [-0.4, -0.2) is 15.8 Å². The molecule has 0 radical (unpaired) electrons. The number of aromatic nitrogens is 2. The van der Waals surface area contributed by atoms with E-state index in [-0.39, 0.29) is 0 Å². The molecule has 0 aliphatic carbocycles. The van der Waals surface area contributed by atoms with Gasteiger partial charge in [0, 0.05) is 17.0 Å². The van der Waals surface area contributed by atoms with Crippen LogP contribution in [-0.2, 0) is 6.42 Å². The lowest BCUT2D eigenvalue weighted by molar-refractivity contribution is 0.111. The van der Waals surface area contributed by atoms with Crippen molar-refractivity contribution in [1.29, 1.82) is 0 Å². The highest BCUT2D eigenvalue weighted by Gasteiger charge is 2.12. The van der Waals surface area contributed by atoms with E-state index in [0.29, 0.717) is 11.6 Å². The third-order valence-corrected chi connectivity index (χ3v) is 4.12. The molecule has 3 aromatic rings. The smallest absolute Gasteiger partial charge is 0.194 e. The summed E-state index contributed by atoms with van der Waals surface area (Å²) in [5.41, 5.74) is 2.97. The van der Waals surface area contributed by atoms with Crippen molar-refractivity contribution in [2.45, 2.75) is 20.3 Å². The standard InChI is InChI=1S/C16H16N2OS/c1-11(2)7-12-8-18(15-6-4-3-5-14(12)15)16-17-13(9-19)10-20-16/h3-6,8-11H,7H2,1-2H3. The van der Waals surface area contributed by atoms with E-state index < -0.39 is 0 Å². The molecule has 1 aromatic carbocycles. The van der Waals surface area contributed by atoms with E-state index in [9.17, 15) is 4.79 Å². The van der Waals surface area contributed by atoms with Gasteiger partial charge in [0.2, 0.25) is 0 Å². The molecule has 0 aliphatic heterocycles. The first-order chi connectivity index (χ1) is 9.69. The fourth-order valence-corrected chi connectivity index (χ4v) is 3.21. The second kappa shape index (κ2) is 5.21. The van der Waals surface area contributed by atoms with E-state index in [1.807, 2.05) is 6.07 Å². The average molecular weight is 284 g/mol. The fourth-order valence-electron chi connectivity index (χ4n) is 2.45. The number of rotatable bonds is 4. The zero-order valence-corrected chi connectivity index (χ0v) is 12.4. The van der Waals surface area contributed by atoms with Gasteiger partial charge in [-0.1, -0.05) is 32.0 Å². The molecule has 3 rings (SSSR count). The minimum absolute atomic E-state index is 0.494. The van der Waals surface area contributed by atoms with Crippen LogP contribution < -0.4 is 0 Å². The van der Waals surface area contributed by atoms with Crippen LogP contribution in [0, 0.1) is 5.92 Å². The summed E-state index contributed by atoms with van der Waals surface area (Å²) in [4.78, 5) is 15.2. The lowest BCUT2D eigenvalue weighted by Gasteiger charge is -2.01. The Hall–Kier alpha value is -1.94. The number of hydrogen-bond donors (Lipinski definition) is 0. The van der Waals surface area contributed by atoms with Crippen molar-refractivity contribution >= 4 is 28.5 Å². The molecule has 0 amide bonds. The third-order valence-electron chi connectivity index (χ3n) is 3.26. The number of carbonyl (C=O) groups is 1. The van der Waals surface area contributed by atoms with Gasteiger partial charge in [0.25, 0.3) is 0 Å². The van der Waals surface area contributed by atoms with Crippen molar-refractivity contribution in [3.63, 3.8) is 0 Å². The Labute approximate surface area is 121 Å². The van der Waals surface area contributed by atoms with E-state index >= 15 is 0 Å². The third kappa shape index (κ3) is 2.27. The van der Waals surface area contributed by atoms with Gasteiger partial charge in [-0.05, 0) is 24.0 Å². The summed E-state index contributed by atoms with van der Waals surface area (Å²) in [6.07, 6.45) is 3.98. The molecule has 0 atom stereocenters. The lowest BCUT2D eigenvalue weighted by Crippen LogP contribution is -1.93. The van der Waals surface area contributed by atoms with Gasteiger partial charge in [-0.2, -0.15) is 0 Å². The molecule has 2 heterocycles. The van der Waals surface area contributed by atoms with Crippen LogP contribution in [0.2, 0.25) is 0 Å². The number of thiazole rings is 1. The molecule has 0 N–H and O–H groups in total. The Bertz CT molecular complexity index is 755. The van der Waals surface area contributed by atoms with Crippen LogP contribution in [0.5, 0.6) is 0 Å². The Morgan fingerprint density at radius 3 is 2.85 bits per heavy atom. The van der Waals surface area contributed by atoms with E-state index in [4.69, 9.17) is 0 Å². The molecular weight excluding hydrogens is 268 g/mol. The lowest BCUT2D eigenvalue weighted by atomic mass is 10.0. The second-order valence-corrected chi connectivity index (χ2v) is 6.15. The number of nitrogens with zero attached hydrogens (tertiary/aromatic N) is 2. The number of benzene rings is 1. The number of carbonyl (C=O) groups excluding carboxylic acids is 1. The number of aldehydes is 1. The Morgan fingerprint density at radius 1 is 1.35 bits per heavy atom. The highest BCUT2D eigenvalue weighted by atomic mass is 32.1. The van der Waals surface area contributed by atoms with Gasteiger partial charge in [0.15, 0.2) is 11.4 Å². The molecular formula is C16H16N2OS. The van der Waals surface area contributed by atoms with Crippen LogP contribution in [0.3, 0.4) is 0 Å². The highest BCUT2D eigenvalue weighted by molar-refractivity contribution is 7.12. The predicted octanol–water partition coefficient (Wildman–Crippen LogP) is 4.10. The summed E-state index contributed by atoms with van der Waals surface area (Å²) in [5.74, 6) is 0.607. The second-order valence-electron chi connectivity index (χ2n) is 5.31. The number of hydrogen-bond acceptors (Lipinski definition) is 3. The summed E-state index contributed by atoms with van der Waals surface area (Å²) in [6, 6.07) is 8.35. The summed E-state index contributed by atoms with van der Waals surface area (Å²) in [7, 11) is 0. The molecule has 0 aliphatic rings. The fraction of sp³-hybridized carbons (Fsp3) is 0.250. The molecule has 0 bridgehead atoms. The molecule has 3 nitrogen and oxygen atoms in total. The summed E-state index contributed by atoms with van der Waals surface area (Å²) in [5, 5.41) is 3.90. The van der Waals surface area contributed by atoms with Gasteiger partial charge in [0.05, 0.1) is 5.52 Å². The van der Waals surface area contributed by atoms with E-state index in [2.05, 4.69) is 47.8 Å². The van der Waals surface area contributed by atoms with Crippen LogP contribution in [0.1, 0.15) is 29.9 Å². The zero-order chi connectivity index (χ0) is 14.1. The van der Waals surface area contributed by atoms with Crippen molar-refractivity contribution in [1.82, 2.24) is 9.55 Å². The minimum atomic E-state index is 0.494. The van der Waals surface area contributed by atoms with Gasteiger partial charge >= 0.3 is 0 Å². The molecule has 20 heavy (non-hydrogen) atoms. The summed E-state index contributed by atoms with van der Waals surface area (Å²) < 4.78 is 2.09. The van der Waals surface area contributed by atoms with Crippen molar-refractivity contribution in [3.8, 4) is 5.13 Å². The number of fused-ring (bicyclic) bond motifs is 1. The average Bonchev–Trinajstić information content (AvgIpc) is 3.03. The van der Waals surface area contributed by atoms with Gasteiger partial charge in [0.1, 0.15) is 5.69 Å². The summed E-state index contributed by atoms with van der Waals surface area (Å²) in [6.45, 7) is 4.44. The molecule has 0 fully saturated rings. The molecule has 102 valence electrons. The quantitative estimate of drug-likeness (QED) is 0.676. The number of para-hydroxylation sites is 1. The van der Waals surface area contributed by atoms with Gasteiger partial charge < -0.3 is 0 Å². The maximum atomic E-state index is 10.8. The molecule has 4 heteroatoms. The van der Waals surface area contributed by atoms with E-state index in [1.165, 1.54) is 22.3 Å². The normalized spacial score (nSPS) is 11.3. The molecule has 0 saturated heterocycles. The SMILES string of the molecule is CC(C)Cc1cn(-c2nc(C=O)cs2)c2ccccc12. The molecule has 0 saturated carbocycles. The Balaban J connectivity index is 2.17. The molecule has 2 aromatic heterocycles. The largest absolute Gasteiger partial charge is 0.296 e. The first-order valence-corrected chi connectivity index (χ1v) is 7.57. The van der Waals surface area contributed by atoms with Crippen molar-refractivity contribution in [2.75, 3.05) is 0 Å². The monoisotopic (exact) mass is 284 g/mol.